The van der Waals surface area contributed by atoms with Gasteiger partial charge in [0.1, 0.15) is 16.2 Å². The highest BCUT2D eigenvalue weighted by molar-refractivity contribution is 7.89. The lowest BCUT2D eigenvalue weighted by Crippen LogP contribution is -2.40. The third-order valence-corrected chi connectivity index (χ3v) is 8.63. The van der Waals surface area contributed by atoms with Crippen LogP contribution in [0.15, 0.2) is 104 Å². The number of benzene rings is 3. The van der Waals surface area contributed by atoms with Crippen LogP contribution in [0.4, 0.5) is 5.69 Å². The van der Waals surface area contributed by atoms with Crippen molar-refractivity contribution in [3.63, 3.8) is 0 Å². The van der Waals surface area contributed by atoms with E-state index < -0.39 is 15.6 Å². The van der Waals surface area contributed by atoms with Gasteiger partial charge in [0.2, 0.25) is 10.0 Å². The van der Waals surface area contributed by atoms with Crippen LogP contribution in [0.2, 0.25) is 0 Å². The Hall–Kier alpha value is -4.38. The van der Waals surface area contributed by atoms with E-state index in [4.69, 9.17) is 14.3 Å². The molecule has 1 fully saturated rings. The molecule has 202 valence electrons. The van der Waals surface area contributed by atoms with Crippen molar-refractivity contribution in [3.8, 4) is 16.9 Å². The van der Waals surface area contributed by atoms with Crippen molar-refractivity contribution in [1.82, 2.24) is 14.1 Å². The van der Waals surface area contributed by atoms with Gasteiger partial charge < -0.3 is 9.15 Å². The summed E-state index contributed by atoms with van der Waals surface area (Å²) in [6, 6.07) is 23.6. The molecule has 0 atom stereocenters. The second kappa shape index (κ2) is 10.6. The van der Waals surface area contributed by atoms with Crippen LogP contribution >= 0.6 is 0 Å². The molecule has 3 aromatic carbocycles. The van der Waals surface area contributed by atoms with E-state index in [1.807, 2.05) is 55.5 Å². The maximum atomic E-state index is 13.5. The summed E-state index contributed by atoms with van der Waals surface area (Å²) in [4.78, 5) is 17.8. The molecule has 1 saturated heterocycles. The summed E-state index contributed by atoms with van der Waals surface area (Å²) in [5.41, 5.74) is 3.01. The first-order chi connectivity index (χ1) is 19.4. The van der Waals surface area contributed by atoms with Crippen molar-refractivity contribution in [2.45, 2.75) is 11.8 Å². The van der Waals surface area contributed by atoms with Gasteiger partial charge in [0.05, 0.1) is 30.2 Å². The standard InChI is InChI=1S/C30H26N4O5S/c1-21-11-12-26(28(17-21)40(36,37)33-13-15-38-16-14-33)31-19-23-20-34(24-8-3-2-4-9-24)32-29(23)25-18-22-7-5-6-10-27(22)39-30(25)35/h2-12,17-20H,13-16H2,1H3. The Labute approximate surface area is 231 Å². The minimum Gasteiger partial charge on any atom is -0.422 e. The number of hydrogen-bond donors (Lipinski definition) is 0. The molecule has 0 spiro atoms. The zero-order valence-electron chi connectivity index (χ0n) is 21.7. The van der Waals surface area contributed by atoms with Crippen LogP contribution in [0.3, 0.4) is 0 Å². The minimum absolute atomic E-state index is 0.118. The van der Waals surface area contributed by atoms with Gasteiger partial charge in [-0.1, -0.05) is 42.5 Å². The van der Waals surface area contributed by atoms with Crippen LogP contribution < -0.4 is 5.63 Å². The number of fused-ring (bicyclic) bond motifs is 1. The predicted octanol–water partition coefficient (Wildman–Crippen LogP) is 4.73. The van der Waals surface area contributed by atoms with Crippen molar-refractivity contribution in [3.05, 3.63) is 107 Å². The first-order valence-electron chi connectivity index (χ1n) is 12.8. The highest BCUT2D eigenvalue weighted by Gasteiger charge is 2.29. The molecule has 0 N–H and O–H groups in total. The zero-order chi connectivity index (χ0) is 27.7. The molecule has 40 heavy (non-hydrogen) atoms. The molecular formula is C30H26N4O5S. The number of rotatable bonds is 6. The Morgan fingerprint density at radius 3 is 2.50 bits per heavy atom. The number of aromatic nitrogens is 2. The van der Waals surface area contributed by atoms with Crippen molar-refractivity contribution in [1.29, 1.82) is 0 Å². The van der Waals surface area contributed by atoms with Crippen LogP contribution in [0.5, 0.6) is 0 Å². The second-order valence-corrected chi connectivity index (χ2v) is 11.4. The highest BCUT2D eigenvalue weighted by Crippen LogP contribution is 2.30. The molecule has 0 amide bonds. The number of morpholine rings is 1. The number of ether oxygens (including phenoxy) is 1. The highest BCUT2D eigenvalue weighted by atomic mass is 32.2. The maximum Gasteiger partial charge on any atom is 0.345 e. The van der Waals surface area contributed by atoms with Gasteiger partial charge in [-0.25, -0.2) is 17.9 Å². The lowest BCUT2D eigenvalue weighted by atomic mass is 10.1. The van der Waals surface area contributed by atoms with Crippen LogP contribution in [-0.4, -0.2) is 55.0 Å². The van der Waals surface area contributed by atoms with Gasteiger partial charge in [-0.2, -0.15) is 9.40 Å². The second-order valence-electron chi connectivity index (χ2n) is 9.44. The number of sulfonamides is 1. The average Bonchev–Trinajstić information content (AvgIpc) is 3.41. The molecule has 3 heterocycles. The number of aryl methyl sites for hydroxylation is 1. The zero-order valence-corrected chi connectivity index (χ0v) is 22.5. The van der Waals surface area contributed by atoms with Crippen LogP contribution in [0, 0.1) is 6.92 Å². The van der Waals surface area contributed by atoms with E-state index in [2.05, 4.69) is 4.99 Å². The van der Waals surface area contributed by atoms with Gasteiger partial charge in [-0.15, -0.1) is 0 Å². The molecule has 0 radical (unpaired) electrons. The van der Waals surface area contributed by atoms with Crippen LogP contribution in [0.1, 0.15) is 11.1 Å². The molecule has 0 saturated carbocycles. The lowest BCUT2D eigenvalue weighted by Gasteiger charge is -2.26. The van der Waals surface area contributed by atoms with Gasteiger partial charge >= 0.3 is 5.63 Å². The molecule has 0 bridgehead atoms. The van der Waals surface area contributed by atoms with Gasteiger partial charge in [-0.3, -0.25) is 4.99 Å². The van der Waals surface area contributed by atoms with Gasteiger partial charge in [0.25, 0.3) is 0 Å². The number of nitrogens with zero attached hydrogens (tertiary/aromatic N) is 4. The molecule has 5 aromatic rings. The van der Waals surface area contributed by atoms with Crippen LogP contribution in [-0.2, 0) is 14.8 Å². The van der Waals surface area contributed by atoms with E-state index in [1.54, 1.807) is 47.4 Å². The normalized spacial score (nSPS) is 14.7. The number of para-hydroxylation sites is 2. The molecule has 9 nitrogen and oxygen atoms in total. The Bertz CT molecular complexity index is 1890. The fourth-order valence-corrected chi connectivity index (χ4v) is 6.26. The molecule has 0 aliphatic carbocycles. The van der Waals surface area contributed by atoms with Crippen molar-refractivity contribution in [2.24, 2.45) is 4.99 Å². The number of aliphatic imine (C=N–C) groups is 1. The van der Waals surface area contributed by atoms with Gasteiger partial charge in [-0.05, 0) is 48.9 Å². The monoisotopic (exact) mass is 554 g/mol. The lowest BCUT2D eigenvalue weighted by molar-refractivity contribution is 0.0730. The molecule has 1 aliphatic heterocycles. The Balaban J connectivity index is 1.48. The van der Waals surface area contributed by atoms with Crippen LogP contribution in [0.25, 0.3) is 27.9 Å². The third-order valence-electron chi connectivity index (χ3n) is 6.71. The Morgan fingerprint density at radius 2 is 1.70 bits per heavy atom. The molecule has 0 unspecified atom stereocenters. The van der Waals surface area contributed by atoms with E-state index in [1.165, 1.54) is 4.31 Å². The fourth-order valence-electron chi connectivity index (χ4n) is 4.63. The topological polar surface area (TPSA) is 107 Å². The third kappa shape index (κ3) is 5.00. The molecule has 2 aromatic heterocycles. The summed E-state index contributed by atoms with van der Waals surface area (Å²) in [5.74, 6) is 0. The summed E-state index contributed by atoms with van der Waals surface area (Å²) >= 11 is 0. The summed E-state index contributed by atoms with van der Waals surface area (Å²) in [6.45, 7) is 3.10. The van der Waals surface area contributed by atoms with Gasteiger partial charge in [0.15, 0.2) is 0 Å². The van der Waals surface area contributed by atoms with E-state index in [0.29, 0.717) is 35.7 Å². The van der Waals surface area contributed by atoms with E-state index in [0.717, 1.165) is 16.6 Å². The molecule has 6 rings (SSSR count). The Morgan fingerprint density at radius 1 is 0.950 bits per heavy atom. The summed E-state index contributed by atoms with van der Waals surface area (Å²) in [5, 5.41) is 5.47. The predicted molar refractivity (Wildman–Crippen MR) is 153 cm³/mol. The van der Waals surface area contributed by atoms with E-state index in [-0.39, 0.29) is 23.5 Å². The quantitative estimate of drug-likeness (QED) is 0.222. The Kier molecular flexibility index (Phi) is 6.89. The maximum absolute atomic E-state index is 13.5. The molecule has 1 aliphatic rings. The number of hydrogen-bond acceptors (Lipinski definition) is 7. The summed E-state index contributed by atoms with van der Waals surface area (Å²) < 4.78 is 41.1. The fraction of sp³-hybridized carbons (Fsp3) is 0.167. The van der Waals surface area contributed by atoms with E-state index >= 15 is 0 Å². The molecular weight excluding hydrogens is 528 g/mol. The smallest absolute Gasteiger partial charge is 0.345 e. The van der Waals surface area contributed by atoms with Crippen molar-refractivity contribution < 1.29 is 17.6 Å². The van der Waals surface area contributed by atoms with E-state index in [9.17, 15) is 13.2 Å². The SMILES string of the molecule is Cc1ccc(N=Cc2cn(-c3ccccc3)nc2-c2cc3ccccc3oc2=O)c(S(=O)(=O)N2CCOCC2)c1. The summed E-state index contributed by atoms with van der Waals surface area (Å²) in [7, 11) is -3.80. The summed E-state index contributed by atoms with van der Waals surface area (Å²) in [6.07, 6.45) is 3.30. The molecule has 10 heteroatoms. The van der Waals surface area contributed by atoms with Gasteiger partial charge in [0, 0.05) is 36.5 Å². The van der Waals surface area contributed by atoms with Crippen molar-refractivity contribution in [2.75, 3.05) is 26.3 Å². The van der Waals surface area contributed by atoms with Crippen molar-refractivity contribution >= 4 is 32.9 Å². The minimum atomic E-state index is -3.80. The average molecular weight is 555 g/mol. The first kappa shape index (κ1) is 25.9. The largest absolute Gasteiger partial charge is 0.422 e. The first-order valence-corrected chi connectivity index (χ1v) is 14.3.